The van der Waals surface area contributed by atoms with E-state index in [0.29, 0.717) is 6.10 Å². The van der Waals surface area contributed by atoms with Crippen LogP contribution in [0.2, 0.25) is 0 Å². The van der Waals surface area contributed by atoms with Gasteiger partial charge in [0.05, 0.1) is 6.10 Å². The first-order valence-corrected chi connectivity index (χ1v) is 5.46. The van der Waals surface area contributed by atoms with Crippen molar-refractivity contribution in [2.24, 2.45) is 5.92 Å². The second kappa shape index (κ2) is 4.77. The molecule has 0 aromatic heterocycles. The van der Waals surface area contributed by atoms with Crippen molar-refractivity contribution in [2.45, 2.75) is 31.8 Å². The highest BCUT2D eigenvalue weighted by Crippen LogP contribution is 2.17. The molecule has 0 radical (unpaired) electrons. The molecular weight excluding hydrogens is 162 g/mol. The van der Waals surface area contributed by atoms with Crippen LogP contribution in [0.4, 0.5) is 0 Å². The minimum Gasteiger partial charge on any atom is -0.374 e. The Balaban J connectivity index is 1.74. The molecule has 0 amide bonds. The summed E-state index contributed by atoms with van der Waals surface area (Å²) in [5.74, 6) is 0.797. The molecular formula is C11H19NO. The first-order valence-electron chi connectivity index (χ1n) is 5.46. The first kappa shape index (κ1) is 9.22. The largest absolute Gasteiger partial charge is 0.374 e. The quantitative estimate of drug-likeness (QED) is 0.655. The molecule has 1 N–H and O–H groups in total. The number of rotatable bonds is 2. The Kier molecular flexibility index (Phi) is 3.39. The van der Waals surface area contributed by atoms with E-state index < -0.39 is 0 Å². The summed E-state index contributed by atoms with van der Waals surface area (Å²) in [6.07, 6.45) is 10.1. The fraction of sp³-hybridized carbons (Fsp3) is 0.818. The Hall–Kier alpha value is -0.340. The van der Waals surface area contributed by atoms with E-state index in [0.717, 1.165) is 12.5 Å². The van der Waals surface area contributed by atoms with Crippen LogP contribution in [0, 0.1) is 5.92 Å². The minimum atomic E-state index is 0.426. The van der Waals surface area contributed by atoms with Gasteiger partial charge < -0.3 is 10.1 Å². The van der Waals surface area contributed by atoms with Gasteiger partial charge in [-0.1, -0.05) is 12.2 Å². The predicted octanol–water partition coefficient (Wildman–Crippen LogP) is 1.72. The maximum Gasteiger partial charge on any atom is 0.0756 e. The van der Waals surface area contributed by atoms with Gasteiger partial charge in [0, 0.05) is 6.61 Å². The molecule has 2 nitrogen and oxygen atoms in total. The highest BCUT2D eigenvalue weighted by atomic mass is 16.5. The van der Waals surface area contributed by atoms with E-state index in [1.54, 1.807) is 0 Å². The van der Waals surface area contributed by atoms with Crippen LogP contribution in [0.1, 0.15) is 25.7 Å². The summed E-state index contributed by atoms with van der Waals surface area (Å²) in [6, 6.07) is 0. The fourth-order valence-electron chi connectivity index (χ4n) is 2.07. The number of ether oxygens (including phenoxy) is 1. The van der Waals surface area contributed by atoms with Crippen molar-refractivity contribution in [3.8, 4) is 0 Å². The van der Waals surface area contributed by atoms with Gasteiger partial charge >= 0.3 is 0 Å². The molecule has 2 saturated heterocycles. The van der Waals surface area contributed by atoms with Crippen molar-refractivity contribution < 1.29 is 4.74 Å². The Morgan fingerprint density at radius 2 is 1.92 bits per heavy atom. The van der Waals surface area contributed by atoms with E-state index in [1.807, 2.05) is 0 Å². The summed E-state index contributed by atoms with van der Waals surface area (Å²) in [5.41, 5.74) is 0. The third-order valence-corrected chi connectivity index (χ3v) is 2.95. The molecule has 0 spiro atoms. The molecule has 2 rings (SSSR count). The summed E-state index contributed by atoms with van der Waals surface area (Å²) in [5, 5.41) is 3.38. The summed E-state index contributed by atoms with van der Waals surface area (Å²) in [4.78, 5) is 0. The van der Waals surface area contributed by atoms with Gasteiger partial charge in [-0.2, -0.15) is 0 Å². The van der Waals surface area contributed by atoms with E-state index in [9.17, 15) is 0 Å². The topological polar surface area (TPSA) is 21.3 Å². The van der Waals surface area contributed by atoms with E-state index in [1.165, 1.54) is 38.8 Å². The van der Waals surface area contributed by atoms with Crippen molar-refractivity contribution in [3.63, 3.8) is 0 Å². The molecule has 2 aliphatic heterocycles. The van der Waals surface area contributed by atoms with Gasteiger partial charge in [0.15, 0.2) is 0 Å². The van der Waals surface area contributed by atoms with Crippen LogP contribution < -0.4 is 5.32 Å². The van der Waals surface area contributed by atoms with Gasteiger partial charge in [-0.15, -0.1) is 0 Å². The highest BCUT2D eigenvalue weighted by Gasteiger charge is 2.14. The Morgan fingerprint density at radius 1 is 1.08 bits per heavy atom. The zero-order valence-electron chi connectivity index (χ0n) is 8.17. The second-order valence-corrected chi connectivity index (χ2v) is 4.02. The van der Waals surface area contributed by atoms with Crippen molar-refractivity contribution in [1.82, 2.24) is 5.32 Å². The van der Waals surface area contributed by atoms with Crippen molar-refractivity contribution in [1.29, 1.82) is 0 Å². The van der Waals surface area contributed by atoms with Crippen LogP contribution in [-0.4, -0.2) is 25.8 Å². The van der Waals surface area contributed by atoms with Crippen LogP contribution in [0.3, 0.4) is 0 Å². The molecule has 2 aliphatic rings. The lowest BCUT2D eigenvalue weighted by Crippen LogP contribution is -2.26. The van der Waals surface area contributed by atoms with Gasteiger partial charge in [-0.25, -0.2) is 0 Å². The number of nitrogens with one attached hydrogen (secondary N) is 1. The molecule has 1 unspecified atom stereocenters. The lowest BCUT2D eigenvalue weighted by atomic mass is 9.97. The minimum absolute atomic E-state index is 0.426. The first-order chi connectivity index (χ1) is 6.45. The van der Waals surface area contributed by atoms with E-state index in [-0.39, 0.29) is 0 Å². The van der Waals surface area contributed by atoms with Crippen LogP contribution >= 0.6 is 0 Å². The molecule has 0 aliphatic carbocycles. The predicted molar refractivity (Wildman–Crippen MR) is 53.7 cm³/mol. The number of hydrogen-bond donors (Lipinski definition) is 1. The maximum atomic E-state index is 5.54. The smallest absolute Gasteiger partial charge is 0.0756 e. The molecule has 2 heteroatoms. The van der Waals surface area contributed by atoms with Crippen molar-refractivity contribution >= 4 is 0 Å². The average Bonchev–Trinajstić information content (AvgIpc) is 2.69. The van der Waals surface area contributed by atoms with E-state index in [2.05, 4.69) is 17.5 Å². The summed E-state index contributed by atoms with van der Waals surface area (Å²) < 4.78 is 5.54. The Morgan fingerprint density at radius 3 is 2.62 bits per heavy atom. The Labute approximate surface area is 80.4 Å². The van der Waals surface area contributed by atoms with E-state index >= 15 is 0 Å². The van der Waals surface area contributed by atoms with Crippen molar-refractivity contribution in [3.05, 3.63) is 12.2 Å². The second-order valence-electron chi connectivity index (χ2n) is 4.02. The zero-order valence-corrected chi connectivity index (χ0v) is 8.17. The van der Waals surface area contributed by atoms with Gasteiger partial charge in [0.25, 0.3) is 0 Å². The molecule has 2 fully saturated rings. The molecule has 0 aromatic rings. The van der Waals surface area contributed by atoms with Crippen LogP contribution in [0.25, 0.3) is 0 Å². The molecule has 0 saturated carbocycles. The standard InChI is InChI=1S/C11H19NO/c1-2-11(13-9-1)4-3-10-5-7-12-8-6-10/h3-4,10-12H,1-2,5-9H2/b4-3+. The Bertz CT molecular complexity index is 167. The number of allylic oxidation sites excluding steroid dienone is 1. The third-order valence-electron chi connectivity index (χ3n) is 2.95. The molecule has 2 heterocycles. The van der Waals surface area contributed by atoms with Crippen LogP contribution in [0.5, 0.6) is 0 Å². The molecule has 1 atom stereocenters. The SMILES string of the molecule is C(=C\C1CCCO1)/C1CCNCC1. The normalized spacial score (nSPS) is 31.5. The molecule has 0 aromatic carbocycles. The zero-order chi connectivity index (χ0) is 8.93. The highest BCUT2D eigenvalue weighted by molar-refractivity contribution is 4.96. The number of piperidine rings is 1. The molecule has 0 bridgehead atoms. The summed E-state index contributed by atoms with van der Waals surface area (Å²) in [6.45, 7) is 3.32. The van der Waals surface area contributed by atoms with Crippen LogP contribution in [-0.2, 0) is 4.74 Å². The van der Waals surface area contributed by atoms with Gasteiger partial charge in [0.1, 0.15) is 0 Å². The lowest BCUT2D eigenvalue weighted by Gasteiger charge is -2.19. The molecule has 74 valence electrons. The van der Waals surface area contributed by atoms with Gasteiger partial charge in [-0.05, 0) is 44.7 Å². The van der Waals surface area contributed by atoms with E-state index in [4.69, 9.17) is 4.74 Å². The maximum absolute atomic E-state index is 5.54. The third kappa shape index (κ3) is 2.82. The van der Waals surface area contributed by atoms with Crippen molar-refractivity contribution in [2.75, 3.05) is 19.7 Å². The average molecular weight is 181 g/mol. The van der Waals surface area contributed by atoms with Crippen LogP contribution in [0.15, 0.2) is 12.2 Å². The summed E-state index contributed by atoms with van der Waals surface area (Å²) in [7, 11) is 0. The van der Waals surface area contributed by atoms with Gasteiger partial charge in [0.2, 0.25) is 0 Å². The monoisotopic (exact) mass is 181 g/mol. The molecule has 13 heavy (non-hydrogen) atoms. The fourth-order valence-corrected chi connectivity index (χ4v) is 2.07. The lowest BCUT2D eigenvalue weighted by molar-refractivity contribution is 0.145. The summed E-state index contributed by atoms with van der Waals surface area (Å²) >= 11 is 0. The van der Waals surface area contributed by atoms with Gasteiger partial charge in [-0.3, -0.25) is 0 Å². The number of hydrogen-bond acceptors (Lipinski definition) is 2.